The van der Waals surface area contributed by atoms with E-state index in [-0.39, 0.29) is 0 Å². The SMILES string of the molecule is CCc1c(C)nc(-c2nccc3ccccc23)nc1NC. The number of anilines is 1. The van der Waals surface area contributed by atoms with Crippen molar-refractivity contribution >= 4 is 16.6 Å². The van der Waals surface area contributed by atoms with Crippen LogP contribution in [0.5, 0.6) is 0 Å². The average Bonchev–Trinajstić information content (AvgIpc) is 2.53. The molecule has 1 N–H and O–H groups in total. The molecule has 3 rings (SSSR count). The highest BCUT2D eigenvalue weighted by atomic mass is 15.0. The predicted octanol–water partition coefficient (Wildman–Crippen LogP) is 3.60. The van der Waals surface area contributed by atoms with Crippen LogP contribution in [0.2, 0.25) is 0 Å². The Bertz CT molecular complexity index is 791. The first-order chi connectivity index (χ1) is 10.2. The molecule has 0 aliphatic carbocycles. The quantitative estimate of drug-likeness (QED) is 0.795. The summed E-state index contributed by atoms with van der Waals surface area (Å²) in [4.78, 5) is 13.8. The van der Waals surface area contributed by atoms with Crippen molar-refractivity contribution in [3.05, 3.63) is 47.8 Å². The van der Waals surface area contributed by atoms with E-state index in [2.05, 4.69) is 39.3 Å². The number of rotatable bonds is 3. The second-order valence-corrected chi connectivity index (χ2v) is 4.94. The van der Waals surface area contributed by atoms with Gasteiger partial charge in [-0.15, -0.1) is 0 Å². The van der Waals surface area contributed by atoms with Gasteiger partial charge in [0, 0.05) is 29.9 Å². The first-order valence-corrected chi connectivity index (χ1v) is 7.14. The third kappa shape index (κ3) is 2.33. The average molecular weight is 278 g/mol. The van der Waals surface area contributed by atoms with Crippen molar-refractivity contribution in [1.29, 1.82) is 0 Å². The summed E-state index contributed by atoms with van der Waals surface area (Å²) in [6.45, 7) is 4.14. The summed E-state index contributed by atoms with van der Waals surface area (Å²) >= 11 is 0. The normalized spacial score (nSPS) is 10.8. The number of fused-ring (bicyclic) bond motifs is 1. The second kappa shape index (κ2) is 5.48. The van der Waals surface area contributed by atoms with E-state index in [1.165, 1.54) is 0 Å². The maximum absolute atomic E-state index is 4.66. The van der Waals surface area contributed by atoms with Crippen LogP contribution in [-0.4, -0.2) is 22.0 Å². The summed E-state index contributed by atoms with van der Waals surface area (Å²) in [6, 6.07) is 10.2. The van der Waals surface area contributed by atoms with E-state index >= 15 is 0 Å². The van der Waals surface area contributed by atoms with Gasteiger partial charge in [0.1, 0.15) is 11.5 Å². The Morgan fingerprint density at radius 3 is 2.67 bits per heavy atom. The lowest BCUT2D eigenvalue weighted by Crippen LogP contribution is -2.05. The standard InChI is InChI=1S/C17H18N4/c1-4-13-11(2)20-17(21-16(13)18-3)15-14-8-6-5-7-12(14)9-10-19-15/h5-10H,4H2,1-3H3,(H,18,20,21). The Balaban J connectivity index is 2.26. The number of nitrogens with one attached hydrogen (secondary N) is 1. The molecule has 4 heteroatoms. The van der Waals surface area contributed by atoms with Crippen LogP contribution in [0, 0.1) is 6.92 Å². The molecule has 0 aliphatic rings. The van der Waals surface area contributed by atoms with Crippen LogP contribution >= 0.6 is 0 Å². The number of nitrogens with zero attached hydrogens (tertiary/aromatic N) is 3. The zero-order valence-corrected chi connectivity index (χ0v) is 12.5. The van der Waals surface area contributed by atoms with E-state index in [1.54, 1.807) is 0 Å². The summed E-state index contributed by atoms with van der Waals surface area (Å²) in [7, 11) is 1.89. The van der Waals surface area contributed by atoms with Crippen molar-refractivity contribution in [2.24, 2.45) is 0 Å². The van der Waals surface area contributed by atoms with E-state index < -0.39 is 0 Å². The minimum Gasteiger partial charge on any atom is -0.373 e. The van der Waals surface area contributed by atoms with E-state index in [9.17, 15) is 0 Å². The maximum atomic E-state index is 4.66. The van der Waals surface area contributed by atoms with Gasteiger partial charge in [0.25, 0.3) is 0 Å². The zero-order valence-electron chi connectivity index (χ0n) is 12.5. The fourth-order valence-corrected chi connectivity index (χ4v) is 2.63. The first-order valence-electron chi connectivity index (χ1n) is 7.14. The van der Waals surface area contributed by atoms with E-state index in [4.69, 9.17) is 0 Å². The number of hydrogen-bond donors (Lipinski definition) is 1. The molecule has 0 spiro atoms. The Labute approximate surface area is 124 Å². The maximum Gasteiger partial charge on any atom is 0.181 e. The molecule has 0 amide bonds. The molecule has 0 bridgehead atoms. The first kappa shape index (κ1) is 13.5. The Morgan fingerprint density at radius 2 is 1.90 bits per heavy atom. The van der Waals surface area contributed by atoms with Crippen LogP contribution in [-0.2, 0) is 6.42 Å². The topological polar surface area (TPSA) is 50.7 Å². The van der Waals surface area contributed by atoms with Crippen molar-refractivity contribution in [1.82, 2.24) is 15.0 Å². The third-order valence-electron chi connectivity index (χ3n) is 3.69. The molecular formula is C17H18N4. The van der Waals surface area contributed by atoms with Crippen molar-refractivity contribution in [2.45, 2.75) is 20.3 Å². The van der Waals surface area contributed by atoms with Crippen LogP contribution in [0.3, 0.4) is 0 Å². The lowest BCUT2D eigenvalue weighted by Gasteiger charge is -2.12. The number of pyridine rings is 1. The summed E-state index contributed by atoms with van der Waals surface area (Å²) in [5, 5.41) is 5.39. The van der Waals surface area contributed by atoms with Gasteiger partial charge in [0.2, 0.25) is 0 Å². The van der Waals surface area contributed by atoms with Crippen molar-refractivity contribution in [3.63, 3.8) is 0 Å². The second-order valence-electron chi connectivity index (χ2n) is 4.94. The van der Waals surface area contributed by atoms with E-state index in [0.29, 0.717) is 5.82 Å². The molecule has 0 aliphatic heterocycles. The molecule has 4 nitrogen and oxygen atoms in total. The number of hydrogen-bond acceptors (Lipinski definition) is 4. The summed E-state index contributed by atoms with van der Waals surface area (Å²) in [6.07, 6.45) is 2.72. The Kier molecular flexibility index (Phi) is 3.52. The minimum absolute atomic E-state index is 0.672. The van der Waals surface area contributed by atoms with Gasteiger partial charge in [0.15, 0.2) is 5.82 Å². The highest BCUT2D eigenvalue weighted by Gasteiger charge is 2.13. The van der Waals surface area contributed by atoms with Gasteiger partial charge in [-0.2, -0.15) is 0 Å². The fourth-order valence-electron chi connectivity index (χ4n) is 2.63. The number of aromatic nitrogens is 3. The van der Waals surface area contributed by atoms with Crippen LogP contribution in [0.4, 0.5) is 5.82 Å². The van der Waals surface area contributed by atoms with Gasteiger partial charge >= 0.3 is 0 Å². The third-order valence-corrected chi connectivity index (χ3v) is 3.69. The summed E-state index contributed by atoms with van der Waals surface area (Å²) < 4.78 is 0. The molecule has 0 atom stereocenters. The molecule has 0 fully saturated rings. The largest absolute Gasteiger partial charge is 0.373 e. The smallest absolute Gasteiger partial charge is 0.181 e. The molecule has 106 valence electrons. The lowest BCUT2D eigenvalue weighted by molar-refractivity contribution is 0.998. The molecular weight excluding hydrogens is 260 g/mol. The van der Waals surface area contributed by atoms with Crippen molar-refractivity contribution in [3.8, 4) is 11.5 Å². The minimum atomic E-state index is 0.672. The molecule has 0 radical (unpaired) electrons. The molecule has 1 aromatic carbocycles. The number of benzene rings is 1. The molecule has 0 saturated heterocycles. The van der Waals surface area contributed by atoms with Gasteiger partial charge in [-0.3, -0.25) is 4.98 Å². The molecule has 0 unspecified atom stereocenters. The highest BCUT2D eigenvalue weighted by Crippen LogP contribution is 2.26. The fraction of sp³-hybridized carbons (Fsp3) is 0.235. The van der Waals surface area contributed by atoms with Crippen LogP contribution in [0.1, 0.15) is 18.2 Å². The molecule has 0 saturated carbocycles. The molecule has 2 aromatic heterocycles. The van der Waals surface area contributed by atoms with Crippen LogP contribution in [0.25, 0.3) is 22.3 Å². The molecule has 2 heterocycles. The summed E-state index contributed by atoms with van der Waals surface area (Å²) in [5.74, 6) is 1.56. The van der Waals surface area contributed by atoms with Gasteiger partial charge < -0.3 is 5.32 Å². The zero-order chi connectivity index (χ0) is 14.8. The van der Waals surface area contributed by atoms with Gasteiger partial charge in [-0.1, -0.05) is 31.2 Å². The molecule has 3 aromatic rings. The summed E-state index contributed by atoms with van der Waals surface area (Å²) in [5.41, 5.74) is 2.98. The van der Waals surface area contributed by atoms with Crippen LogP contribution in [0.15, 0.2) is 36.5 Å². The van der Waals surface area contributed by atoms with E-state index in [0.717, 1.165) is 40.0 Å². The number of aryl methyl sites for hydroxylation is 1. The monoisotopic (exact) mass is 278 g/mol. The van der Waals surface area contributed by atoms with Crippen molar-refractivity contribution in [2.75, 3.05) is 12.4 Å². The predicted molar refractivity (Wildman–Crippen MR) is 86.4 cm³/mol. The van der Waals surface area contributed by atoms with Gasteiger partial charge in [0.05, 0.1) is 0 Å². The van der Waals surface area contributed by atoms with Gasteiger partial charge in [-0.05, 0) is 24.8 Å². The van der Waals surface area contributed by atoms with Crippen LogP contribution < -0.4 is 5.32 Å². The van der Waals surface area contributed by atoms with Crippen molar-refractivity contribution < 1.29 is 0 Å². The highest BCUT2D eigenvalue weighted by molar-refractivity contribution is 5.93. The molecule has 21 heavy (non-hydrogen) atoms. The Morgan fingerprint density at radius 1 is 1.10 bits per heavy atom. The lowest BCUT2D eigenvalue weighted by atomic mass is 10.1. The van der Waals surface area contributed by atoms with E-state index in [1.807, 2.05) is 38.4 Å². The van der Waals surface area contributed by atoms with Gasteiger partial charge in [-0.25, -0.2) is 9.97 Å². The Hall–Kier alpha value is -2.49.